The van der Waals surface area contributed by atoms with E-state index in [4.69, 9.17) is 0 Å². The highest BCUT2D eigenvalue weighted by Crippen LogP contribution is 2.15. The zero-order valence-corrected chi connectivity index (χ0v) is 8.87. The fourth-order valence-corrected chi connectivity index (χ4v) is 1.50. The second kappa shape index (κ2) is 4.35. The van der Waals surface area contributed by atoms with Crippen molar-refractivity contribution in [1.29, 1.82) is 0 Å². The summed E-state index contributed by atoms with van der Waals surface area (Å²) in [4.78, 5) is 0. The highest BCUT2D eigenvalue weighted by atomic mass is 19.1. The zero-order valence-electron chi connectivity index (χ0n) is 8.87. The summed E-state index contributed by atoms with van der Waals surface area (Å²) in [7, 11) is 1.91. The van der Waals surface area contributed by atoms with Gasteiger partial charge in [-0.15, -0.1) is 0 Å². The molecule has 1 aromatic heterocycles. The zero-order chi connectivity index (χ0) is 11.5. The first-order chi connectivity index (χ1) is 7.66. The summed E-state index contributed by atoms with van der Waals surface area (Å²) in [6, 6.07) is 7.35. The van der Waals surface area contributed by atoms with Gasteiger partial charge in [0.1, 0.15) is 11.6 Å². The molecule has 0 aliphatic rings. The molecule has 2 aromatic rings. The highest BCUT2D eigenvalue weighted by molar-refractivity contribution is 5.44. The monoisotopic (exact) mass is 222 g/mol. The van der Waals surface area contributed by atoms with Crippen molar-refractivity contribution in [3.63, 3.8) is 0 Å². The molecule has 0 fully saturated rings. The first-order valence-corrected chi connectivity index (χ1v) is 4.96. The summed E-state index contributed by atoms with van der Waals surface area (Å²) >= 11 is 0. The molecule has 1 aromatic carbocycles. The van der Waals surface area contributed by atoms with Gasteiger partial charge in [-0.2, -0.15) is 0 Å². The van der Waals surface area contributed by atoms with Crippen LogP contribution < -0.4 is 5.32 Å². The average molecular weight is 222 g/mol. The van der Waals surface area contributed by atoms with Crippen LogP contribution in [0.25, 0.3) is 0 Å². The Kier molecular flexibility index (Phi) is 2.90. The van der Waals surface area contributed by atoms with Crippen molar-refractivity contribution in [1.82, 2.24) is 4.57 Å². The number of halogens is 2. The average Bonchev–Trinajstić information content (AvgIpc) is 2.63. The number of aryl methyl sites for hydroxylation is 1. The van der Waals surface area contributed by atoms with Gasteiger partial charge in [0, 0.05) is 25.0 Å². The molecule has 1 N–H and O–H groups in total. The Balaban J connectivity index is 2.08. The van der Waals surface area contributed by atoms with Gasteiger partial charge in [0.2, 0.25) is 0 Å². The Bertz CT molecular complexity index is 492. The molecular weight excluding hydrogens is 210 g/mol. The normalized spacial score (nSPS) is 10.4. The van der Waals surface area contributed by atoms with Crippen LogP contribution in [-0.4, -0.2) is 4.57 Å². The molecule has 0 saturated heterocycles. The summed E-state index contributed by atoms with van der Waals surface area (Å²) < 4.78 is 27.9. The van der Waals surface area contributed by atoms with Crippen LogP contribution in [0.4, 0.5) is 14.5 Å². The molecule has 0 radical (unpaired) electrons. The lowest BCUT2D eigenvalue weighted by Crippen LogP contribution is -2.05. The maximum atomic E-state index is 13.3. The molecule has 0 bridgehead atoms. The van der Waals surface area contributed by atoms with E-state index < -0.39 is 11.6 Å². The molecule has 0 aliphatic carbocycles. The minimum atomic E-state index is -0.575. The second-order valence-corrected chi connectivity index (χ2v) is 3.59. The standard InChI is InChI=1S/C12H12F2N2/c1-16-6-2-3-10(16)8-15-12-5-4-9(13)7-11(12)14/h2-7,15H,8H2,1H3. The lowest BCUT2D eigenvalue weighted by molar-refractivity contribution is 0.585. The largest absolute Gasteiger partial charge is 0.377 e. The van der Waals surface area contributed by atoms with E-state index in [1.165, 1.54) is 12.1 Å². The van der Waals surface area contributed by atoms with E-state index in [-0.39, 0.29) is 0 Å². The van der Waals surface area contributed by atoms with Crippen LogP contribution in [-0.2, 0) is 13.6 Å². The van der Waals surface area contributed by atoms with Crippen molar-refractivity contribution in [3.8, 4) is 0 Å². The Morgan fingerprint density at radius 2 is 2.06 bits per heavy atom. The van der Waals surface area contributed by atoms with E-state index >= 15 is 0 Å². The van der Waals surface area contributed by atoms with Crippen LogP contribution in [0, 0.1) is 11.6 Å². The van der Waals surface area contributed by atoms with Crippen molar-refractivity contribution >= 4 is 5.69 Å². The van der Waals surface area contributed by atoms with E-state index in [9.17, 15) is 8.78 Å². The Labute approximate surface area is 92.5 Å². The van der Waals surface area contributed by atoms with Crippen molar-refractivity contribution in [3.05, 3.63) is 53.9 Å². The van der Waals surface area contributed by atoms with Crippen LogP contribution in [0.3, 0.4) is 0 Å². The summed E-state index contributed by atoms with van der Waals surface area (Å²) in [6.45, 7) is 0.506. The molecule has 0 unspecified atom stereocenters. The summed E-state index contributed by atoms with van der Waals surface area (Å²) in [5, 5.41) is 2.92. The van der Waals surface area contributed by atoms with Crippen molar-refractivity contribution in [2.24, 2.45) is 7.05 Å². The first kappa shape index (κ1) is 10.7. The van der Waals surface area contributed by atoms with Crippen LogP contribution in [0.5, 0.6) is 0 Å². The minimum Gasteiger partial charge on any atom is -0.377 e. The van der Waals surface area contributed by atoms with Crippen LogP contribution >= 0.6 is 0 Å². The molecule has 2 rings (SSSR count). The van der Waals surface area contributed by atoms with Gasteiger partial charge in [-0.25, -0.2) is 8.78 Å². The van der Waals surface area contributed by atoms with E-state index in [2.05, 4.69) is 5.32 Å². The first-order valence-electron chi connectivity index (χ1n) is 4.96. The van der Waals surface area contributed by atoms with Crippen molar-refractivity contribution in [2.75, 3.05) is 5.32 Å². The molecule has 0 aliphatic heterocycles. The summed E-state index contributed by atoms with van der Waals surface area (Å²) in [5.41, 5.74) is 1.34. The molecule has 16 heavy (non-hydrogen) atoms. The van der Waals surface area contributed by atoms with E-state index in [0.717, 1.165) is 11.8 Å². The lowest BCUT2D eigenvalue weighted by atomic mass is 10.3. The van der Waals surface area contributed by atoms with Gasteiger partial charge < -0.3 is 9.88 Å². The number of rotatable bonds is 3. The molecule has 0 spiro atoms. The van der Waals surface area contributed by atoms with Gasteiger partial charge >= 0.3 is 0 Å². The summed E-state index contributed by atoms with van der Waals surface area (Å²) in [6.07, 6.45) is 1.91. The number of aromatic nitrogens is 1. The fourth-order valence-electron chi connectivity index (χ4n) is 1.50. The maximum absolute atomic E-state index is 13.3. The van der Waals surface area contributed by atoms with E-state index in [1.807, 2.05) is 29.9 Å². The number of hydrogen-bond acceptors (Lipinski definition) is 1. The topological polar surface area (TPSA) is 17.0 Å². The number of anilines is 1. The van der Waals surface area contributed by atoms with Gasteiger partial charge in [0.25, 0.3) is 0 Å². The fraction of sp³-hybridized carbons (Fsp3) is 0.167. The van der Waals surface area contributed by atoms with Gasteiger partial charge in [-0.05, 0) is 24.3 Å². The quantitative estimate of drug-likeness (QED) is 0.844. The molecule has 0 atom stereocenters. The Morgan fingerprint density at radius 3 is 2.69 bits per heavy atom. The number of hydrogen-bond donors (Lipinski definition) is 1. The number of nitrogens with zero attached hydrogens (tertiary/aromatic N) is 1. The van der Waals surface area contributed by atoms with E-state index in [1.54, 1.807) is 0 Å². The predicted molar refractivity (Wildman–Crippen MR) is 59.1 cm³/mol. The van der Waals surface area contributed by atoms with Gasteiger partial charge in [-0.1, -0.05) is 0 Å². The molecule has 84 valence electrons. The summed E-state index contributed by atoms with van der Waals surface area (Å²) in [5.74, 6) is -1.14. The van der Waals surface area contributed by atoms with Crippen LogP contribution in [0.1, 0.15) is 5.69 Å². The lowest BCUT2D eigenvalue weighted by Gasteiger charge is -2.08. The smallest absolute Gasteiger partial charge is 0.149 e. The third kappa shape index (κ3) is 2.21. The molecule has 2 nitrogen and oxygen atoms in total. The second-order valence-electron chi connectivity index (χ2n) is 3.59. The predicted octanol–water partition coefficient (Wildman–Crippen LogP) is 2.92. The molecule has 1 heterocycles. The SMILES string of the molecule is Cn1cccc1CNc1ccc(F)cc1F. The van der Waals surface area contributed by atoms with Crippen LogP contribution in [0.2, 0.25) is 0 Å². The van der Waals surface area contributed by atoms with Crippen LogP contribution in [0.15, 0.2) is 36.5 Å². The third-order valence-corrected chi connectivity index (χ3v) is 2.44. The Hall–Kier alpha value is -1.84. The third-order valence-electron chi connectivity index (χ3n) is 2.44. The molecule has 0 amide bonds. The van der Waals surface area contributed by atoms with Crippen molar-refractivity contribution < 1.29 is 8.78 Å². The molecule has 0 saturated carbocycles. The van der Waals surface area contributed by atoms with E-state index in [0.29, 0.717) is 12.2 Å². The molecule has 4 heteroatoms. The van der Waals surface area contributed by atoms with Crippen molar-refractivity contribution in [2.45, 2.75) is 6.54 Å². The number of benzene rings is 1. The number of nitrogens with one attached hydrogen (secondary N) is 1. The van der Waals surface area contributed by atoms with Gasteiger partial charge in [0.15, 0.2) is 0 Å². The molecular formula is C12H12F2N2. The highest BCUT2D eigenvalue weighted by Gasteiger charge is 2.03. The maximum Gasteiger partial charge on any atom is 0.149 e. The van der Waals surface area contributed by atoms with Gasteiger partial charge in [0.05, 0.1) is 12.2 Å². The minimum absolute atomic E-state index is 0.308. The Morgan fingerprint density at radius 1 is 1.25 bits per heavy atom. The van der Waals surface area contributed by atoms with Gasteiger partial charge in [-0.3, -0.25) is 0 Å².